The van der Waals surface area contributed by atoms with Crippen molar-refractivity contribution < 1.29 is 32.2 Å². The van der Waals surface area contributed by atoms with E-state index in [0.717, 1.165) is 17.0 Å². The summed E-state index contributed by atoms with van der Waals surface area (Å²) in [6.07, 6.45) is 0. The quantitative estimate of drug-likeness (QED) is 0.245. The van der Waals surface area contributed by atoms with Gasteiger partial charge in [-0.3, -0.25) is 4.55 Å². The molecule has 0 fully saturated rings. The van der Waals surface area contributed by atoms with E-state index in [1.807, 2.05) is 18.2 Å². The normalized spacial score (nSPS) is 15.9. The van der Waals surface area contributed by atoms with Crippen molar-refractivity contribution in [3.8, 4) is 0 Å². The molecule has 1 heterocycles. The summed E-state index contributed by atoms with van der Waals surface area (Å²) in [7, 11) is -4.36. The van der Waals surface area contributed by atoms with Crippen LogP contribution >= 0.6 is 12.0 Å². The van der Waals surface area contributed by atoms with Crippen LogP contribution in [0.5, 0.6) is 0 Å². The fraction of sp³-hybridized carbons (Fsp3) is 0.278. The number of benzene rings is 2. The van der Waals surface area contributed by atoms with Crippen molar-refractivity contribution >= 4 is 33.6 Å². The van der Waals surface area contributed by atoms with Gasteiger partial charge in [0.05, 0.1) is 22.4 Å². The van der Waals surface area contributed by atoms with Crippen LogP contribution in [-0.2, 0) is 31.4 Å². The van der Waals surface area contributed by atoms with Gasteiger partial charge in [-0.25, -0.2) is 5.26 Å². The lowest BCUT2D eigenvalue weighted by atomic mass is 9.82. The molecular formula is C18H20NO6S2+. The van der Waals surface area contributed by atoms with Crippen molar-refractivity contribution in [3.63, 3.8) is 0 Å². The Morgan fingerprint density at radius 1 is 1.19 bits per heavy atom. The van der Waals surface area contributed by atoms with Crippen molar-refractivity contribution in [1.82, 2.24) is 0 Å². The van der Waals surface area contributed by atoms with Crippen molar-refractivity contribution in [1.29, 1.82) is 0 Å². The molecule has 9 heteroatoms. The molecule has 2 N–H and O–H groups in total. The standard InChI is InChI=1S/C18H19NO6S2/c1-12-18(2,3)15-6-4-5-7-16(15)19(12)11-13-8-9-14(27(21,22)23)10-17(13)26-25-24-20/h4-10H,11H2,1-3H3,(H-,20,21,22,23)/p+1. The van der Waals surface area contributed by atoms with Gasteiger partial charge >= 0.3 is 0 Å². The zero-order valence-electron chi connectivity index (χ0n) is 15.0. The van der Waals surface area contributed by atoms with Crippen LogP contribution in [0.15, 0.2) is 52.3 Å². The van der Waals surface area contributed by atoms with Crippen LogP contribution in [0.2, 0.25) is 0 Å². The molecule has 0 amide bonds. The molecule has 144 valence electrons. The Bertz CT molecular complexity index is 1010. The van der Waals surface area contributed by atoms with Crippen LogP contribution in [0.25, 0.3) is 0 Å². The lowest BCUT2D eigenvalue weighted by Gasteiger charge is -2.14. The third-order valence-corrected chi connectivity index (χ3v) is 6.53. The van der Waals surface area contributed by atoms with Crippen LogP contribution in [0, 0.1) is 0 Å². The topological polar surface area (TPSA) is 96.1 Å². The molecule has 2 aromatic rings. The fourth-order valence-corrected chi connectivity index (χ4v) is 4.38. The predicted molar refractivity (Wildman–Crippen MR) is 101 cm³/mol. The molecule has 0 saturated heterocycles. The zero-order chi connectivity index (χ0) is 19.8. The number of para-hydroxylation sites is 1. The van der Waals surface area contributed by atoms with Crippen LogP contribution in [-0.4, -0.2) is 28.5 Å². The molecule has 0 atom stereocenters. The summed E-state index contributed by atoms with van der Waals surface area (Å²) in [6.45, 7) is 6.82. The fourth-order valence-electron chi connectivity index (χ4n) is 3.28. The Kier molecular flexibility index (Phi) is 5.44. The van der Waals surface area contributed by atoms with Crippen molar-refractivity contribution in [3.05, 3.63) is 53.6 Å². The third kappa shape index (κ3) is 3.79. The van der Waals surface area contributed by atoms with Crippen LogP contribution in [0.1, 0.15) is 31.9 Å². The number of nitrogens with zero attached hydrogens (tertiary/aromatic N) is 1. The van der Waals surface area contributed by atoms with E-state index in [9.17, 15) is 13.0 Å². The van der Waals surface area contributed by atoms with E-state index < -0.39 is 10.1 Å². The zero-order valence-corrected chi connectivity index (χ0v) is 16.7. The van der Waals surface area contributed by atoms with Crippen molar-refractivity contribution in [2.45, 2.75) is 42.5 Å². The average Bonchev–Trinajstić information content (AvgIpc) is 2.81. The molecule has 0 unspecified atom stereocenters. The van der Waals surface area contributed by atoms with Crippen LogP contribution in [0.3, 0.4) is 0 Å². The molecule has 0 radical (unpaired) electrons. The van der Waals surface area contributed by atoms with Gasteiger partial charge < -0.3 is 0 Å². The summed E-state index contributed by atoms with van der Waals surface area (Å²) in [5.41, 5.74) is 4.05. The second-order valence-electron chi connectivity index (χ2n) is 6.78. The first-order valence-electron chi connectivity index (χ1n) is 8.12. The SMILES string of the molecule is CC1=[N+](Cc2ccc(S(=O)(=O)O)cc2SOOO)c2ccccc2C1(C)C. The van der Waals surface area contributed by atoms with E-state index in [1.54, 1.807) is 6.07 Å². The van der Waals surface area contributed by atoms with E-state index >= 15 is 0 Å². The highest BCUT2D eigenvalue weighted by atomic mass is 32.2. The minimum atomic E-state index is -4.36. The van der Waals surface area contributed by atoms with Gasteiger partial charge in [0.25, 0.3) is 10.1 Å². The average molecular weight is 410 g/mol. The summed E-state index contributed by atoms with van der Waals surface area (Å²) >= 11 is 0.659. The molecule has 0 bridgehead atoms. The summed E-state index contributed by atoms with van der Waals surface area (Å²) < 4.78 is 38.8. The Balaban J connectivity index is 2.06. The first kappa shape index (κ1) is 20.0. The molecule has 0 saturated carbocycles. The number of fused-ring (bicyclic) bond motifs is 1. The van der Waals surface area contributed by atoms with Gasteiger partial charge in [-0.2, -0.15) is 13.0 Å². The first-order chi connectivity index (χ1) is 12.7. The molecule has 0 aliphatic carbocycles. The highest BCUT2D eigenvalue weighted by molar-refractivity contribution is 7.94. The monoisotopic (exact) mass is 410 g/mol. The molecule has 1 aliphatic heterocycles. The summed E-state index contributed by atoms with van der Waals surface area (Å²) in [5, 5.41) is 12.1. The smallest absolute Gasteiger partial charge is 0.282 e. The second-order valence-corrected chi connectivity index (χ2v) is 8.95. The minimum Gasteiger partial charge on any atom is -0.282 e. The molecule has 3 rings (SSSR count). The maximum Gasteiger partial charge on any atom is 0.294 e. The van der Waals surface area contributed by atoms with Gasteiger partial charge in [0.15, 0.2) is 12.3 Å². The van der Waals surface area contributed by atoms with E-state index in [1.165, 1.54) is 17.7 Å². The van der Waals surface area contributed by atoms with E-state index in [0.29, 0.717) is 23.5 Å². The van der Waals surface area contributed by atoms with Gasteiger partial charge in [0.1, 0.15) is 0 Å². The van der Waals surface area contributed by atoms with Gasteiger partial charge in [-0.05, 0) is 26.0 Å². The summed E-state index contributed by atoms with van der Waals surface area (Å²) in [5.74, 6) is 0. The Hall–Kier alpha value is -1.75. The molecule has 1 aliphatic rings. The predicted octanol–water partition coefficient (Wildman–Crippen LogP) is 3.96. The first-order valence-corrected chi connectivity index (χ1v) is 10.3. The van der Waals surface area contributed by atoms with E-state index in [-0.39, 0.29) is 10.3 Å². The molecule has 27 heavy (non-hydrogen) atoms. The van der Waals surface area contributed by atoms with Crippen LogP contribution in [0.4, 0.5) is 5.69 Å². The molecular weight excluding hydrogens is 390 g/mol. The third-order valence-electron chi connectivity index (χ3n) is 5.00. The number of hydrogen-bond acceptors (Lipinski definition) is 6. The van der Waals surface area contributed by atoms with E-state index in [2.05, 4.69) is 40.8 Å². The second kappa shape index (κ2) is 7.34. The van der Waals surface area contributed by atoms with Gasteiger partial charge in [-0.15, -0.1) is 4.33 Å². The van der Waals surface area contributed by atoms with Crippen LogP contribution < -0.4 is 0 Å². The molecule has 2 aromatic carbocycles. The lowest BCUT2D eigenvalue weighted by Crippen LogP contribution is -2.26. The Morgan fingerprint density at radius 2 is 1.89 bits per heavy atom. The largest absolute Gasteiger partial charge is 0.294 e. The summed E-state index contributed by atoms with van der Waals surface area (Å²) in [6, 6.07) is 12.3. The Labute approximate surface area is 162 Å². The minimum absolute atomic E-state index is 0.136. The van der Waals surface area contributed by atoms with Crippen molar-refractivity contribution in [2.24, 2.45) is 0 Å². The summed E-state index contributed by atoms with van der Waals surface area (Å²) in [4.78, 5) is 0.132. The van der Waals surface area contributed by atoms with Gasteiger partial charge in [0, 0.05) is 29.0 Å². The molecule has 7 nitrogen and oxygen atoms in total. The number of rotatable bonds is 6. The maximum absolute atomic E-state index is 11.4. The highest BCUT2D eigenvalue weighted by Gasteiger charge is 2.42. The lowest BCUT2D eigenvalue weighted by molar-refractivity contribution is -0.456. The molecule has 0 spiro atoms. The molecule has 0 aromatic heterocycles. The Morgan fingerprint density at radius 3 is 2.56 bits per heavy atom. The highest BCUT2D eigenvalue weighted by Crippen LogP contribution is 2.40. The van der Waals surface area contributed by atoms with Gasteiger partial charge in [0.2, 0.25) is 5.69 Å². The van der Waals surface area contributed by atoms with E-state index in [4.69, 9.17) is 5.26 Å². The van der Waals surface area contributed by atoms with Crippen molar-refractivity contribution in [2.75, 3.05) is 0 Å². The van der Waals surface area contributed by atoms with Gasteiger partial charge in [-0.1, -0.05) is 29.3 Å². The number of hydrogen-bond donors (Lipinski definition) is 2. The maximum atomic E-state index is 11.4.